The minimum absolute atomic E-state index is 0.919. The molecule has 0 radical (unpaired) electrons. The first-order chi connectivity index (χ1) is 8.24. The molecule has 1 N–H and O–H groups in total. The van der Waals surface area contributed by atoms with E-state index in [0.29, 0.717) is 0 Å². The van der Waals surface area contributed by atoms with Crippen molar-refractivity contribution in [3.05, 3.63) is 48.0 Å². The molecule has 0 amide bonds. The number of methoxy groups -OCH3 is 1. The van der Waals surface area contributed by atoms with E-state index < -0.39 is 0 Å². The lowest BCUT2D eigenvalue weighted by Gasteiger charge is -2.10. The van der Waals surface area contributed by atoms with Crippen LogP contribution in [0.2, 0.25) is 0 Å². The minimum Gasteiger partial charge on any atom is -0.496 e. The summed E-state index contributed by atoms with van der Waals surface area (Å²) >= 11 is 0. The second-order valence-corrected chi connectivity index (χ2v) is 4.03. The Morgan fingerprint density at radius 3 is 2.29 bits per heavy atom. The van der Waals surface area contributed by atoms with Crippen LogP contribution in [0, 0.1) is 6.92 Å². The molecule has 2 rings (SSSR count). The van der Waals surface area contributed by atoms with Crippen LogP contribution in [0.4, 0.5) is 5.69 Å². The Morgan fingerprint density at radius 1 is 1.00 bits per heavy atom. The minimum atomic E-state index is 0.919. The van der Waals surface area contributed by atoms with Gasteiger partial charge in [0.15, 0.2) is 0 Å². The van der Waals surface area contributed by atoms with Gasteiger partial charge in [-0.25, -0.2) is 0 Å². The SMILES string of the molecule is CNc1ccc(-c2ccc(C)cc2OC)cc1. The van der Waals surface area contributed by atoms with Gasteiger partial charge in [-0.05, 0) is 36.2 Å². The van der Waals surface area contributed by atoms with Crippen LogP contribution in [0.15, 0.2) is 42.5 Å². The van der Waals surface area contributed by atoms with Gasteiger partial charge in [0.1, 0.15) is 5.75 Å². The Bertz CT molecular complexity index is 503. The third kappa shape index (κ3) is 2.41. The number of hydrogen-bond donors (Lipinski definition) is 1. The number of nitrogens with one attached hydrogen (secondary N) is 1. The van der Waals surface area contributed by atoms with E-state index in [1.165, 1.54) is 11.1 Å². The van der Waals surface area contributed by atoms with Crippen molar-refractivity contribution < 1.29 is 4.74 Å². The van der Waals surface area contributed by atoms with E-state index in [4.69, 9.17) is 4.74 Å². The Morgan fingerprint density at radius 2 is 1.71 bits per heavy atom. The number of anilines is 1. The van der Waals surface area contributed by atoms with Crippen molar-refractivity contribution in [2.75, 3.05) is 19.5 Å². The van der Waals surface area contributed by atoms with Crippen molar-refractivity contribution in [3.8, 4) is 16.9 Å². The fraction of sp³-hybridized carbons (Fsp3) is 0.200. The molecular weight excluding hydrogens is 210 g/mol. The van der Waals surface area contributed by atoms with E-state index in [0.717, 1.165) is 17.0 Å². The number of rotatable bonds is 3. The number of aryl methyl sites for hydroxylation is 1. The quantitative estimate of drug-likeness (QED) is 0.863. The Kier molecular flexibility index (Phi) is 3.33. The van der Waals surface area contributed by atoms with E-state index in [1.807, 2.05) is 7.05 Å². The van der Waals surface area contributed by atoms with Crippen molar-refractivity contribution in [2.45, 2.75) is 6.92 Å². The van der Waals surface area contributed by atoms with Gasteiger partial charge in [-0.15, -0.1) is 0 Å². The van der Waals surface area contributed by atoms with Gasteiger partial charge in [0.05, 0.1) is 7.11 Å². The van der Waals surface area contributed by atoms with Crippen LogP contribution < -0.4 is 10.1 Å². The van der Waals surface area contributed by atoms with Gasteiger partial charge in [0.25, 0.3) is 0 Å². The topological polar surface area (TPSA) is 21.3 Å². The lowest BCUT2D eigenvalue weighted by atomic mass is 10.0. The second-order valence-electron chi connectivity index (χ2n) is 4.03. The molecule has 0 bridgehead atoms. The monoisotopic (exact) mass is 227 g/mol. The highest BCUT2D eigenvalue weighted by molar-refractivity contribution is 5.72. The molecule has 0 saturated carbocycles. The first-order valence-electron chi connectivity index (χ1n) is 5.67. The van der Waals surface area contributed by atoms with E-state index in [2.05, 4.69) is 54.7 Å². The van der Waals surface area contributed by atoms with E-state index in [-0.39, 0.29) is 0 Å². The third-order valence-corrected chi connectivity index (χ3v) is 2.84. The standard InChI is InChI=1S/C15H17NO/c1-11-4-9-14(15(10-11)17-3)12-5-7-13(16-2)8-6-12/h4-10,16H,1-3H3. The number of ether oxygens (including phenoxy) is 1. The van der Waals surface area contributed by atoms with Gasteiger partial charge in [-0.1, -0.05) is 24.3 Å². The first-order valence-corrected chi connectivity index (χ1v) is 5.67. The maximum atomic E-state index is 5.42. The van der Waals surface area contributed by atoms with Crippen molar-refractivity contribution in [2.24, 2.45) is 0 Å². The van der Waals surface area contributed by atoms with Crippen LogP contribution in [-0.4, -0.2) is 14.2 Å². The molecule has 0 aromatic heterocycles. The average Bonchev–Trinajstić information content (AvgIpc) is 2.39. The van der Waals surface area contributed by atoms with Gasteiger partial charge in [0, 0.05) is 18.3 Å². The molecule has 2 heteroatoms. The largest absolute Gasteiger partial charge is 0.496 e. The van der Waals surface area contributed by atoms with Gasteiger partial charge < -0.3 is 10.1 Å². The zero-order chi connectivity index (χ0) is 12.3. The van der Waals surface area contributed by atoms with Crippen LogP contribution in [0.5, 0.6) is 5.75 Å². The Balaban J connectivity index is 2.44. The number of hydrogen-bond acceptors (Lipinski definition) is 2. The highest BCUT2D eigenvalue weighted by Gasteiger charge is 2.05. The molecular formula is C15H17NO. The molecule has 0 heterocycles. The Hall–Kier alpha value is -1.96. The maximum absolute atomic E-state index is 5.42. The molecule has 2 aromatic rings. The molecule has 0 spiro atoms. The summed E-state index contributed by atoms with van der Waals surface area (Å²) in [7, 11) is 3.63. The molecule has 2 nitrogen and oxygen atoms in total. The van der Waals surface area contributed by atoms with Crippen LogP contribution in [0.3, 0.4) is 0 Å². The van der Waals surface area contributed by atoms with E-state index in [1.54, 1.807) is 7.11 Å². The lowest BCUT2D eigenvalue weighted by Crippen LogP contribution is -1.90. The molecule has 2 aromatic carbocycles. The summed E-state index contributed by atoms with van der Waals surface area (Å²) in [6.45, 7) is 2.07. The molecule has 0 fully saturated rings. The molecule has 88 valence electrons. The van der Waals surface area contributed by atoms with Crippen molar-refractivity contribution in [1.82, 2.24) is 0 Å². The summed E-state index contributed by atoms with van der Waals surface area (Å²) in [5.74, 6) is 0.919. The smallest absolute Gasteiger partial charge is 0.126 e. The molecule has 0 saturated heterocycles. The van der Waals surface area contributed by atoms with Gasteiger partial charge in [-0.3, -0.25) is 0 Å². The summed E-state index contributed by atoms with van der Waals surface area (Å²) in [6.07, 6.45) is 0. The molecule has 0 aliphatic carbocycles. The molecule has 17 heavy (non-hydrogen) atoms. The lowest BCUT2D eigenvalue weighted by molar-refractivity contribution is 0.416. The zero-order valence-electron chi connectivity index (χ0n) is 10.4. The first kappa shape index (κ1) is 11.5. The predicted molar refractivity (Wildman–Crippen MR) is 72.7 cm³/mol. The normalized spacial score (nSPS) is 10.1. The summed E-state index contributed by atoms with van der Waals surface area (Å²) in [6, 6.07) is 14.6. The van der Waals surface area contributed by atoms with Crippen molar-refractivity contribution in [3.63, 3.8) is 0 Å². The van der Waals surface area contributed by atoms with Crippen LogP contribution in [-0.2, 0) is 0 Å². The summed E-state index contributed by atoms with van der Waals surface area (Å²) in [4.78, 5) is 0. The second kappa shape index (κ2) is 4.91. The predicted octanol–water partition coefficient (Wildman–Crippen LogP) is 3.71. The fourth-order valence-electron chi connectivity index (χ4n) is 1.85. The van der Waals surface area contributed by atoms with Crippen LogP contribution >= 0.6 is 0 Å². The third-order valence-electron chi connectivity index (χ3n) is 2.84. The highest BCUT2D eigenvalue weighted by atomic mass is 16.5. The molecule has 0 atom stereocenters. The molecule has 0 aliphatic heterocycles. The zero-order valence-corrected chi connectivity index (χ0v) is 10.4. The summed E-state index contributed by atoms with van der Waals surface area (Å²) in [5.41, 5.74) is 4.61. The molecule has 0 unspecified atom stereocenters. The number of benzene rings is 2. The van der Waals surface area contributed by atoms with Gasteiger partial charge >= 0.3 is 0 Å². The van der Waals surface area contributed by atoms with Crippen molar-refractivity contribution in [1.29, 1.82) is 0 Å². The fourth-order valence-corrected chi connectivity index (χ4v) is 1.85. The van der Waals surface area contributed by atoms with Crippen molar-refractivity contribution >= 4 is 5.69 Å². The Labute approximate surface area is 102 Å². The van der Waals surface area contributed by atoms with Crippen LogP contribution in [0.25, 0.3) is 11.1 Å². The van der Waals surface area contributed by atoms with E-state index in [9.17, 15) is 0 Å². The van der Waals surface area contributed by atoms with Crippen LogP contribution in [0.1, 0.15) is 5.56 Å². The molecule has 0 aliphatic rings. The maximum Gasteiger partial charge on any atom is 0.126 e. The average molecular weight is 227 g/mol. The summed E-state index contributed by atoms with van der Waals surface area (Å²) in [5, 5.41) is 3.11. The summed E-state index contributed by atoms with van der Waals surface area (Å²) < 4.78 is 5.42. The van der Waals surface area contributed by atoms with E-state index >= 15 is 0 Å². The highest BCUT2D eigenvalue weighted by Crippen LogP contribution is 2.31. The van der Waals surface area contributed by atoms with Gasteiger partial charge in [-0.2, -0.15) is 0 Å². The van der Waals surface area contributed by atoms with Gasteiger partial charge in [0.2, 0.25) is 0 Å².